The molecule has 2 bridgehead atoms. The Morgan fingerprint density at radius 2 is 2.03 bits per heavy atom. The van der Waals surface area contributed by atoms with Crippen LogP contribution < -0.4 is 0 Å². The van der Waals surface area contributed by atoms with Crippen molar-refractivity contribution in [2.75, 3.05) is 13.6 Å². The standard InChI is InChI=1S/C31H36F2N2O/c1-29-11-9-24-16-23-5-6-25(35(2)19-28(32)33)17-30(23)12-13-31(24,36-30)27(29)8-7-26(29)21-4-3-20-10-14-34-18-22(20)15-21/h3-4,9-10,14-16,18,25-28H,5-8,11-13,17,19H2,1-2H3/t25-,26-,27-,29-,30?,31-/m1/s1. The van der Waals surface area contributed by atoms with E-state index in [1.807, 2.05) is 24.3 Å². The number of allylic oxidation sites excluding steroid dienone is 1. The van der Waals surface area contributed by atoms with Crippen molar-refractivity contribution in [3.8, 4) is 0 Å². The molecular formula is C31H36F2N2O. The molecule has 36 heavy (non-hydrogen) atoms. The summed E-state index contributed by atoms with van der Waals surface area (Å²) in [6, 6.07) is 9.19. The number of aromatic nitrogens is 1. The number of rotatable bonds is 4. The predicted molar refractivity (Wildman–Crippen MR) is 138 cm³/mol. The lowest BCUT2D eigenvalue weighted by molar-refractivity contribution is -0.141. The van der Waals surface area contributed by atoms with Crippen LogP contribution >= 0.6 is 0 Å². The van der Waals surface area contributed by atoms with E-state index in [-0.39, 0.29) is 29.2 Å². The normalized spacial score (nSPS) is 39.1. The highest BCUT2D eigenvalue weighted by Crippen LogP contribution is 2.69. The van der Waals surface area contributed by atoms with E-state index < -0.39 is 6.43 Å². The Labute approximate surface area is 212 Å². The molecule has 2 spiro atoms. The van der Waals surface area contributed by atoms with Gasteiger partial charge in [0.05, 0.1) is 17.7 Å². The zero-order valence-corrected chi connectivity index (χ0v) is 21.4. The molecule has 190 valence electrons. The first-order chi connectivity index (χ1) is 17.3. The number of nitrogens with zero attached hydrogens (tertiary/aromatic N) is 2. The molecule has 1 unspecified atom stereocenters. The smallest absolute Gasteiger partial charge is 0.251 e. The number of alkyl halides is 2. The van der Waals surface area contributed by atoms with Gasteiger partial charge < -0.3 is 4.74 Å². The largest absolute Gasteiger partial charge is 0.359 e. The van der Waals surface area contributed by atoms with Gasteiger partial charge in [-0.25, -0.2) is 8.78 Å². The van der Waals surface area contributed by atoms with Crippen LogP contribution in [0, 0.1) is 11.3 Å². The Morgan fingerprint density at radius 1 is 1.14 bits per heavy atom. The van der Waals surface area contributed by atoms with Crippen molar-refractivity contribution in [1.29, 1.82) is 0 Å². The number of hydrogen-bond acceptors (Lipinski definition) is 3. The molecule has 2 aromatic rings. The maximum atomic E-state index is 13.1. The van der Waals surface area contributed by atoms with Gasteiger partial charge in [-0.05, 0) is 110 Å². The summed E-state index contributed by atoms with van der Waals surface area (Å²) in [6.07, 6.45) is 14.8. The van der Waals surface area contributed by atoms with E-state index >= 15 is 0 Å². The van der Waals surface area contributed by atoms with E-state index in [0.717, 1.165) is 38.5 Å². The minimum Gasteiger partial charge on any atom is -0.359 e. The number of fused-ring (bicyclic) bond motifs is 2. The van der Waals surface area contributed by atoms with E-state index in [2.05, 4.69) is 48.3 Å². The van der Waals surface area contributed by atoms with Gasteiger partial charge in [0.2, 0.25) is 0 Å². The molecule has 2 aliphatic heterocycles. The Bertz CT molecular complexity index is 1270. The second kappa shape index (κ2) is 7.94. The minimum atomic E-state index is -2.29. The van der Waals surface area contributed by atoms with Crippen molar-refractivity contribution < 1.29 is 13.5 Å². The van der Waals surface area contributed by atoms with Crippen LogP contribution in [0.15, 0.2) is 60.0 Å². The average Bonchev–Trinajstić information content (AvgIpc) is 3.38. The Balaban J connectivity index is 1.22. The fourth-order valence-electron chi connectivity index (χ4n) is 8.99. The first kappa shape index (κ1) is 23.0. The number of hydrogen-bond donors (Lipinski definition) is 0. The zero-order valence-electron chi connectivity index (χ0n) is 21.4. The lowest BCUT2D eigenvalue weighted by Gasteiger charge is -2.55. The molecule has 3 nitrogen and oxygen atoms in total. The average molecular weight is 491 g/mol. The number of benzene rings is 1. The summed E-state index contributed by atoms with van der Waals surface area (Å²) in [7, 11) is 1.86. The van der Waals surface area contributed by atoms with E-state index in [1.54, 1.807) is 0 Å². The molecule has 7 rings (SSSR count). The van der Waals surface area contributed by atoms with Gasteiger partial charge in [0.25, 0.3) is 6.43 Å². The van der Waals surface area contributed by atoms with Gasteiger partial charge in [-0.2, -0.15) is 0 Å². The van der Waals surface area contributed by atoms with Crippen LogP contribution in [0.2, 0.25) is 0 Å². The number of halogens is 2. The van der Waals surface area contributed by atoms with Crippen LogP contribution in [-0.2, 0) is 4.74 Å². The van der Waals surface area contributed by atoms with Gasteiger partial charge in [-0.1, -0.05) is 31.2 Å². The third-order valence-electron chi connectivity index (χ3n) is 10.8. The highest BCUT2D eigenvalue weighted by molar-refractivity contribution is 5.82. The van der Waals surface area contributed by atoms with Gasteiger partial charge >= 0.3 is 0 Å². The lowest BCUT2D eigenvalue weighted by atomic mass is 9.58. The molecule has 1 saturated heterocycles. The molecule has 5 heteroatoms. The van der Waals surface area contributed by atoms with E-state index in [9.17, 15) is 8.78 Å². The summed E-state index contributed by atoms with van der Waals surface area (Å²) in [5, 5.41) is 2.46. The van der Waals surface area contributed by atoms with Crippen LogP contribution in [0.25, 0.3) is 10.8 Å². The molecule has 5 aliphatic rings. The molecule has 2 saturated carbocycles. The van der Waals surface area contributed by atoms with Gasteiger partial charge in [0.15, 0.2) is 0 Å². The Morgan fingerprint density at radius 3 is 2.89 bits per heavy atom. The SMILES string of the molecule is CN(CC(F)F)[C@@H]1CCC2=CC3=CC[C@]4(C)[C@@H](c5ccc6ccncc6c5)CC[C@H]4[C@@]34CCC2(C1)O4. The molecule has 3 heterocycles. The monoisotopic (exact) mass is 490 g/mol. The van der Waals surface area contributed by atoms with E-state index in [1.165, 1.54) is 40.3 Å². The van der Waals surface area contributed by atoms with E-state index in [0.29, 0.717) is 11.8 Å². The third-order valence-corrected chi connectivity index (χ3v) is 10.8. The molecular weight excluding hydrogens is 454 g/mol. The van der Waals surface area contributed by atoms with Gasteiger partial charge in [-0.3, -0.25) is 9.88 Å². The molecule has 6 atom stereocenters. The van der Waals surface area contributed by atoms with Crippen LogP contribution in [0.3, 0.4) is 0 Å². The van der Waals surface area contributed by atoms with Gasteiger partial charge in [0, 0.05) is 23.8 Å². The highest BCUT2D eigenvalue weighted by atomic mass is 19.3. The molecule has 3 fully saturated rings. The van der Waals surface area contributed by atoms with Crippen LogP contribution in [0.4, 0.5) is 8.78 Å². The van der Waals surface area contributed by atoms with Crippen molar-refractivity contribution in [2.24, 2.45) is 11.3 Å². The first-order valence-corrected chi connectivity index (χ1v) is 13.8. The molecule has 0 N–H and O–H groups in total. The van der Waals surface area contributed by atoms with E-state index in [4.69, 9.17) is 4.74 Å². The molecule has 1 aromatic carbocycles. The summed E-state index contributed by atoms with van der Waals surface area (Å²) in [5.74, 6) is 0.983. The first-order valence-electron chi connectivity index (χ1n) is 13.8. The summed E-state index contributed by atoms with van der Waals surface area (Å²) >= 11 is 0. The fraction of sp³-hybridized carbons (Fsp3) is 0.581. The van der Waals surface area contributed by atoms with Crippen LogP contribution in [-0.4, -0.2) is 47.1 Å². The van der Waals surface area contributed by atoms with Gasteiger partial charge in [-0.15, -0.1) is 0 Å². The predicted octanol–water partition coefficient (Wildman–Crippen LogP) is 7.04. The maximum Gasteiger partial charge on any atom is 0.251 e. The summed E-state index contributed by atoms with van der Waals surface area (Å²) in [5.41, 5.74) is 3.94. The second-order valence-corrected chi connectivity index (χ2v) is 12.4. The maximum absolute atomic E-state index is 13.1. The van der Waals surface area contributed by atoms with Crippen molar-refractivity contribution >= 4 is 10.8 Å². The number of ether oxygens (including phenoxy) is 1. The highest BCUT2D eigenvalue weighted by Gasteiger charge is 2.66. The molecule has 0 radical (unpaired) electrons. The third kappa shape index (κ3) is 3.18. The quantitative estimate of drug-likeness (QED) is 0.460. The van der Waals surface area contributed by atoms with Crippen LogP contribution in [0.1, 0.15) is 69.8 Å². The molecule has 1 aromatic heterocycles. The fourth-order valence-corrected chi connectivity index (χ4v) is 8.99. The van der Waals surface area contributed by atoms with Crippen LogP contribution in [0.5, 0.6) is 0 Å². The Hall–Kier alpha value is -2.11. The Kier molecular flexibility index (Phi) is 5.08. The summed E-state index contributed by atoms with van der Waals surface area (Å²) in [6.45, 7) is 2.35. The zero-order chi connectivity index (χ0) is 24.7. The lowest BCUT2D eigenvalue weighted by Crippen LogP contribution is -2.55. The van der Waals surface area contributed by atoms with Gasteiger partial charge in [0.1, 0.15) is 0 Å². The molecule has 0 amide bonds. The summed E-state index contributed by atoms with van der Waals surface area (Å²) < 4.78 is 33.6. The topological polar surface area (TPSA) is 25.4 Å². The van der Waals surface area contributed by atoms with Crippen molar-refractivity contribution in [2.45, 2.75) is 87.9 Å². The van der Waals surface area contributed by atoms with Crippen molar-refractivity contribution in [3.63, 3.8) is 0 Å². The number of pyridine rings is 1. The summed E-state index contributed by atoms with van der Waals surface area (Å²) in [4.78, 5) is 6.23. The second-order valence-electron chi connectivity index (χ2n) is 12.4. The van der Waals surface area contributed by atoms with Crippen molar-refractivity contribution in [3.05, 3.63) is 65.5 Å². The minimum absolute atomic E-state index is 0.150. The van der Waals surface area contributed by atoms with Crippen molar-refractivity contribution in [1.82, 2.24) is 9.88 Å². The molecule has 3 aliphatic carbocycles.